The van der Waals surface area contributed by atoms with E-state index in [1.807, 2.05) is 13.8 Å². The number of methoxy groups -OCH3 is 1. The molecule has 0 aromatic carbocycles. The van der Waals surface area contributed by atoms with Gasteiger partial charge in [-0.3, -0.25) is 28.8 Å². The Bertz CT molecular complexity index is 1020. The fraction of sp³-hybridized carbons (Fsp3) is 0.786. The lowest BCUT2D eigenvalue weighted by molar-refractivity contribution is -0.171. The third kappa shape index (κ3) is 9.12. The summed E-state index contributed by atoms with van der Waals surface area (Å²) in [6.07, 6.45) is -2.27. The maximum Gasteiger partial charge on any atom is 0.325 e. The Morgan fingerprint density at radius 3 is 1.98 bits per heavy atom. The summed E-state index contributed by atoms with van der Waals surface area (Å²) in [5, 5.41) is 10.5. The molecule has 2 fully saturated rings. The Morgan fingerprint density at radius 1 is 0.857 bits per heavy atom. The maximum atomic E-state index is 13.7. The zero-order valence-electron chi connectivity index (χ0n) is 26.0. The van der Waals surface area contributed by atoms with E-state index in [0.717, 1.165) is 0 Å². The number of hydrogen-bond donors (Lipinski definition) is 4. The van der Waals surface area contributed by atoms with Crippen molar-refractivity contribution in [3.8, 4) is 0 Å². The highest BCUT2D eigenvalue weighted by Gasteiger charge is 2.53. The number of carbonyl (C=O) groups excluding carboxylic acids is 6. The van der Waals surface area contributed by atoms with Crippen molar-refractivity contribution in [2.24, 2.45) is 17.8 Å². The molecular weight excluding hydrogens is 550 g/mol. The normalized spacial score (nSPS) is 23.7. The average molecular weight is 598 g/mol. The summed E-state index contributed by atoms with van der Waals surface area (Å²) in [7, 11) is 1.20. The van der Waals surface area contributed by atoms with Gasteiger partial charge in [-0.25, -0.2) is 0 Å². The van der Waals surface area contributed by atoms with E-state index < -0.39 is 66.4 Å². The number of ether oxygens (including phenoxy) is 3. The zero-order valence-corrected chi connectivity index (χ0v) is 26.0. The van der Waals surface area contributed by atoms with Gasteiger partial charge in [0.05, 0.1) is 19.7 Å². The van der Waals surface area contributed by atoms with Crippen molar-refractivity contribution in [3.05, 3.63) is 0 Å². The predicted octanol–water partition coefficient (Wildman–Crippen LogP) is -0.551. The summed E-state index contributed by atoms with van der Waals surface area (Å²) < 4.78 is 16.6. The average Bonchev–Trinajstić information content (AvgIpc) is 3.26. The largest absolute Gasteiger partial charge is 0.468 e. The molecule has 2 saturated heterocycles. The van der Waals surface area contributed by atoms with Crippen molar-refractivity contribution < 1.29 is 43.0 Å². The van der Waals surface area contributed by atoms with Crippen molar-refractivity contribution in [2.75, 3.05) is 20.2 Å². The van der Waals surface area contributed by atoms with Gasteiger partial charge in [0.1, 0.15) is 30.8 Å². The highest BCUT2D eigenvalue weighted by atomic mass is 16.7. The van der Waals surface area contributed by atoms with Gasteiger partial charge >= 0.3 is 5.97 Å². The lowest BCUT2D eigenvalue weighted by Crippen LogP contribution is -2.61. The topological polar surface area (TPSA) is 181 Å². The zero-order chi connectivity index (χ0) is 31.9. The van der Waals surface area contributed by atoms with Crippen LogP contribution in [-0.4, -0.2) is 103 Å². The smallest absolute Gasteiger partial charge is 0.325 e. The maximum absolute atomic E-state index is 13.7. The first-order chi connectivity index (χ1) is 19.6. The van der Waals surface area contributed by atoms with Crippen LogP contribution >= 0.6 is 0 Å². The van der Waals surface area contributed by atoms with Gasteiger partial charge in [0.25, 0.3) is 5.91 Å². The molecule has 0 aliphatic carbocycles. The second-order valence-electron chi connectivity index (χ2n) is 12.0. The van der Waals surface area contributed by atoms with E-state index in [-0.39, 0.29) is 42.7 Å². The minimum Gasteiger partial charge on any atom is -0.468 e. The summed E-state index contributed by atoms with van der Waals surface area (Å²) in [4.78, 5) is 77.2. The second-order valence-corrected chi connectivity index (χ2v) is 12.0. The molecule has 0 aromatic heterocycles. The van der Waals surface area contributed by atoms with E-state index in [1.54, 1.807) is 39.5 Å². The number of hydrogen-bond acceptors (Lipinski definition) is 9. The van der Waals surface area contributed by atoms with Gasteiger partial charge in [0.15, 0.2) is 12.4 Å². The summed E-state index contributed by atoms with van der Waals surface area (Å²) >= 11 is 0. The molecule has 0 saturated carbocycles. The molecule has 0 aromatic rings. The van der Waals surface area contributed by atoms with E-state index >= 15 is 0 Å². The van der Waals surface area contributed by atoms with Crippen LogP contribution in [0.2, 0.25) is 0 Å². The third-order valence-electron chi connectivity index (χ3n) is 7.19. The number of esters is 1. The Balaban J connectivity index is 2.18. The molecule has 7 atom stereocenters. The first-order valence-corrected chi connectivity index (χ1v) is 14.4. The van der Waals surface area contributed by atoms with Gasteiger partial charge < -0.3 is 40.4 Å². The molecule has 5 amide bonds. The van der Waals surface area contributed by atoms with Crippen molar-refractivity contribution in [1.82, 2.24) is 26.2 Å². The van der Waals surface area contributed by atoms with Gasteiger partial charge in [-0.05, 0) is 31.1 Å². The number of nitrogens with one attached hydrogen (secondary N) is 4. The van der Waals surface area contributed by atoms with Crippen LogP contribution in [0.25, 0.3) is 0 Å². The highest BCUT2D eigenvalue weighted by molar-refractivity contribution is 5.93. The lowest BCUT2D eigenvalue weighted by atomic mass is 9.99. The van der Waals surface area contributed by atoms with Crippen LogP contribution in [0.1, 0.15) is 61.8 Å². The van der Waals surface area contributed by atoms with Gasteiger partial charge in [-0.1, -0.05) is 41.5 Å². The molecule has 2 bridgehead atoms. The number of amides is 5. The molecule has 0 spiro atoms. The number of morpholine rings is 1. The Morgan fingerprint density at radius 2 is 1.45 bits per heavy atom. The van der Waals surface area contributed by atoms with Crippen LogP contribution in [0.3, 0.4) is 0 Å². The third-order valence-corrected chi connectivity index (χ3v) is 7.19. The Kier molecular flexibility index (Phi) is 12.7. The van der Waals surface area contributed by atoms with E-state index in [0.29, 0.717) is 6.42 Å². The summed E-state index contributed by atoms with van der Waals surface area (Å²) in [5.41, 5.74) is 0. The monoisotopic (exact) mass is 597 g/mol. The molecule has 14 nitrogen and oxygen atoms in total. The van der Waals surface area contributed by atoms with Crippen LogP contribution in [-0.2, 0) is 43.0 Å². The molecule has 2 aliphatic rings. The second kappa shape index (κ2) is 15.3. The molecule has 2 rings (SSSR count). The summed E-state index contributed by atoms with van der Waals surface area (Å²) in [5.74, 6) is -3.31. The SMILES string of the molecule is COC(=O)CNC(=O)[C@@H](NC(=O)C1O[C@@H]2OC1CN(C(=O)[C@H](C)NC(=O)[C@@H](NC(C)=O)C(C)C)C2CC(C)C)C(C)C. The van der Waals surface area contributed by atoms with Crippen molar-refractivity contribution >= 4 is 35.5 Å². The van der Waals surface area contributed by atoms with Crippen LogP contribution < -0.4 is 21.3 Å². The fourth-order valence-corrected chi connectivity index (χ4v) is 4.99. The number of nitrogens with zero attached hydrogens (tertiary/aromatic N) is 1. The molecule has 4 N–H and O–H groups in total. The first kappa shape index (κ1) is 34.9. The van der Waals surface area contributed by atoms with Crippen molar-refractivity contribution in [2.45, 2.75) is 104 Å². The van der Waals surface area contributed by atoms with Gasteiger partial charge in [0.2, 0.25) is 23.6 Å². The van der Waals surface area contributed by atoms with E-state index in [1.165, 1.54) is 14.0 Å². The molecule has 3 unspecified atom stereocenters. The summed E-state index contributed by atoms with van der Waals surface area (Å²) in [6.45, 7) is 13.6. The first-order valence-electron chi connectivity index (χ1n) is 14.4. The van der Waals surface area contributed by atoms with Gasteiger partial charge in [0, 0.05) is 6.92 Å². The van der Waals surface area contributed by atoms with E-state index in [4.69, 9.17) is 9.47 Å². The molecule has 238 valence electrons. The fourth-order valence-electron chi connectivity index (χ4n) is 4.99. The van der Waals surface area contributed by atoms with E-state index in [9.17, 15) is 28.8 Å². The van der Waals surface area contributed by atoms with Gasteiger partial charge in [-0.15, -0.1) is 0 Å². The minimum absolute atomic E-state index is 0.0329. The molecule has 14 heteroatoms. The molecular formula is C28H47N5O9. The van der Waals surface area contributed by atoms with Crippen LogP contribution in [0, 0.1) is 17.8 Å². The highest BCUT2D eigenvalue weighted by Crippen LogP contribution is 2.34. The van der Waals surface area contributed by atoms with Gasteiger partial charge in [-0.2, -0.15) is 0 Å². The van der Waals surface area contributed by atoms with Crippen molar-refractivity contribution in [3.63, 3.8) is 0 Å². The Hall–Kier alpha value is -3.26. The number of carbonyl (C=O) groups is 6. The molecule has 2 aliphatic heterocycles. The molecule has 2 heterocycles. The number of rotatable bonds is 13. The predicted molar refractivity (Wildman–Crippen MR) is 150 cm³/mol. The Labute approximate surface area is 247 Å². The summed E-state index contributed by atoms with van der Waals surface area (Å²) in [6, 6.07) is -3.20. The molecule has 42 heavy (non-hydrogen) atoms. The van der Waals surface area contributed by atoms with Crippen LogP contribution in [0.5, 0.6) is 0 Å². The van der Waals surface area contributed by atoms with Crippen LogP contribution in [0.15, 0.2) is 0 Å². The van der Waals surface area contributed by atoms with E-state index in [2.05, 4.69) is 26.0 Å². The quantitative estimate of drug-likeness (QED) is 0.203. The lowest BCUT2D eigenvalue weighted by Gasteiger charge is -2.41. The number of fused-ring (bicyclic) bond motifs is 2. The minimum atomic E-state index is -1.09. The molecule has 0 radical (unpaired) electrons. The van der Waals surface area contributed by atoms with Crippen molar-refractivity contribution in [1.29, 1.82) is 0 Å². The standard InChI is InChI=1S/C28H47N5O9/c1-13(2)10-18-28-41-19(12-33(18)27(39)16(7)30-25(37)22(15(5)6)31-17(8)34)23(42-28)26(38)32-21(14(3)4)24(36)29-11-20(35)40-9/h13-16,18-19,21-23,28H,10-12H2,1-9H3,(H,29,36)(H,30,37)(H,31,34)(H,32,38)/t16-,18?,19?,21-,22-,23?,28-/m0/s1. The van der Waals surface area contributed by atoms with Crippen LogP contribution in [0.4, 0.5) is 0 Å².